The van der Waals surface area contributed by atoms with Crippen molar-refractivity contribution < 1.29 is 14.2 Å². The van der Waals surface area contributed by atoms with Crippen molar-refractivity contribution in [3.05, 3.63) is 29.8 Å². The lowest BCUT2D eigenvalue weighted by Gasteiger charge is -2.23. The van der Waals surface area contributed by atoms with Crippen molar-refractivity contribution in [3.63, 3.8) is 0 Å². The molecule has 25 heavy (non-hydrogen) atoms. The highest BCUT2D eigenvalue weighted by Gasteiger charge is 2.16. The van der Waals surface area contributed by atoms with Crippen LogP contribution in [0.3, 0.4) is 0 Å². The molecule has 1 heterocycles. The lowest BCUT2D eigenvalue weighted by atomic mass is 10.1. The summed E-state index contributed by atoms with van der Waals surface area (Å²) in [6.07, 6.45) is 0. The van der Waals surface area contributed by atoms with Crippen molar-refractivity contribution in [3.8, 4) is 11.4 Å². The zero-order valence-electron chi connectivity index (χ0n) is 15.4. The van der Waals surface area contributed by atoms with Gasteiger partial charge in [-0.25, -0.2) is 0 Å². The van der Waals surface area contributed by atoms with Crippen LogP contribution >= 0.6 is 0 Å². The first kappa shape index (κ1) is 19.0. The van der Waals surface area contributed by atoms with E-state index in [2.05, 4.69) is 15.0 Å². The number of benzene rings is 1. The summed E-state index contributed by atoms with van der Waals surface area (Å²) in [7, 11) is 6.72. The third-order valence-electron chi connectivity index (χ3n) is 3.40. The molecule has 0 radical (unpaired) electrons. The largest absolute Gasteiger partial charge is 0.364 e. The minimum atomic E-state index is 0.304. The van der Waals surface area contributed by atoms with Gasteiger partial charge in [0.15, 0.2) is 5.82 Å². The molecule has 0 amide bonds. The fourth-order valence-electron chi connectivity index (χ4n) is 2.30. The number of ether oxygens (including phenoxy) is 3. The van der Waals surface area contributed by atoms with Crippen LogP contribution in [0.1, 0.15) is 5.56 Å². The Kier molecular flexibility index (Phi) is 7.05. The van der Waals surface area contributed by atoms with Crippen molar-refractivity contribution >= 4 is 11.9 Å². The first-order chi connectivity index (χ1) is 12.1. The Labute approximate surface area is 148 Å². The molecular weight excluding hydrogens is 322 g/mol. The van der Waals surface area contributed by atoms with E-state index in [4.69, 9.17) is 14.2 Å². The van der Waals surface area contributed by atoms with Crippen LogP contribution in [-0.2, 0) is 14.2 Å². The highest BCUT2D eigenvalue weighted by atomic mass is 16.5. The van der Waals surface area contributed by atoms with Gasteiger partial charge in [0.2, 0.25) is 11.9 Å². The second-order valence-corrected chi connectivity index (χ2v) is 5.62. The van der Waals surface area contributed by atoms with Crippen molar-refractivity contribution in [2.75, 3.05) is 58.4 Å². The topological polar surface area (TPSA) is 72.8 Å². The summed E-state index contributed by atoms with van der Waals surface area (Å²) in [4.78, 5) is 17.3. The third kappa shape index (κ3) is 5.09. The molecule has 8 nitrogen and oxygen atoms in total. The van der Waals surface area contributed by atoms with Gasteiger partial charge in [-0.15, -0.1) is 0 Å². The number of aromatic nitrogens is 3. The number of hydrogen-bond donors (Lipinski definition) is 0. The van der Waals surface area contributed by atoms with Crippen LogP contribution in [0.15, 0.2) is 24.3 Å². The maximum Gasteiger partial charge on any atom is 0.234 e. The highest BCUT2D eigenvalue weighted by Crippen LogP contribution is 2.22. The normalized spacial score (nSPS) is 10.8. The molecule has 0 aliphatic rings. The zero-order chi connectivity index (χ0) is 18.2. The molecule has 2 aromatic rings. The smallest absolute Gasteiger partial charge is 0.234 e. The zero-order valence-corrected chi connectivity index (χ0v) is 15.4. The summed E-state index contributed by atoms with van der Waals surface area (Å²) < 4.78 is 15.6. The number of nitrogens with zero attached hydrogens (tertiary/aromatic N) is 5. The highest BCUT2D eigenvalue weighted by molar-refractivity contribution is 5.59. The number of rotatable bonds is 9. The molecule has 1 aromatic heterocycles. The summed E-state index contributed by atoms with van der Waals surface area (Å²) in [6.45, 7) is 3.01. The maximum atomic E-state index is 5.23. The van der Waals surface area contributed by atoms with Gasteiger partial charge >= 0.3 is 0 Å². The van der Waals surface area contributed by atoms with Gasteiger partial charge in [0.1, 0.15) is 20.2 Å². The Hall–Kier alpha value is -2.29. The second-order valence-electron chi connectivity index (χ2n) is 5.62. The summed E-state index contributed by atoms with van der Waals surface area (Å²) >= 11 is 0. The van der Waals surface area contributed by atoms with E-state index >= 15 is 0 Å². The molecule has 0 saturated heterocycles. The van der Waals surface area contributed by atoms with E-state index in [9.17, 15) is 0 Å². The molecule has 2 rings (SSSR count). The van der Waals surface area contributed by atoms with Crippen LogP contribution in [0.2, 0.25) is 0 Å². The average Bonchev–Trinajstić information content (AvgIpc) is 2.61. The van der Waals surface area contributed by atoms with Crippen molar-refractivity contribution in [1.29, 1.82) is 0 Å². The first-order valence-corrected chi connectivity index (χ1v) is 7.85. The molecule has 1 aromatic carbocycles. The predicted molar refractivity (Wildman–Crippen MR) is 96.5 cm³/mol. The minimum Gasteiger partial charge on any atom is -0.364 e. The Morgan fingerprint density at radius 3 is 2.12 bits per heavy atom. The Morgan fingerprint density at radius 2 is 1.52 bits per heavy atom. The number of anilines is 2. The van der Waals surface area contributed by atoms with E-state index in [1.165, 1.54) is 0 Å². The van der Waals surface area contributed by atoms with Crippen molar-refractivity contribution in [2.24, 2.45) is 0 Å². The van der Waals surface area contributed by atoms with Gasteiger partial charge in [-0.1, -0.05) is 23.8 Å². The Bertz CT molecular complexity index is 677. The SMILES string of the molecule is COCN(C)c1nc(-c2cccc(C)c2)nc(N(COC)COC)n1. The quantitative estimate of drug-likeness (QED) is 0.637. The standard InChI is InChI=1S/C17H25N5O3/c1-13-7-6-8-14(9-13)15-18-16(21(2)10-23-3)20-17(19-15)22(11-24-4)12-25-5/h6-9H,10-12H2,1-5H3. The minimum absolute atomic E-state index is 0.304. The summed E-state index contributed by atoms with van der Waals surface area (Å²) in [5, 5.41) is 0. The monoisotopic (exact) mass is 347 g/mol. The van der Waals surface area contributed by atoms with Gasteiger partial charge in [-0.05, 0) is 13.0 Å². The molecular formula is C17H25N5O3. The Balaban J connectivity index is 2.50. The predicted octanol–water partition coefficient (Wildman–Crippen LogP) is 1.90. The van der Waals surface area contributed by atoms with Crippen molar-refractivity contribution in [1.82, 2.24) is 15.0 Å². The van der Waals surface area contributed by atoms with Crippen LogP contribution in [0.5, 0.6) is 0 Å². The summed E-state index contributed by atoms with van der Waals surface area (Å²) in [5.41, 5.74) is 2.06. The molecule has 8 heteroatoms. The Morgan fingerprint density at radius 1 is 0.880 bits per heavy atom. The first-order valence-electron chi connectivity index (χ1n) is 7.85. The molecule has 0 bridgehead atoms. The third-order valence-corrected chi connectivity index (χ3v) is 3.40. The molecule has 0 unspecified atom stereocenters. The van der Waals surface area contributed by atoms with Gasteiger partial charge in [0.25, 0.3) is 0 Å². The van der Waals surface area contributed by atoms with E-state index in [1.807, 2.05) is 43.1 Å². The second kappa shape index (κ2) is 9.26. The van der Waals surface area contributed by atoms with E-state index in [0.29, 0.717) is 37.9 Å². The van der Waals surface area contributed by atoms with Gasteiger partial charge < -0.3 is 19.1 Å². The molecule has 0 spiro atoms. The number of methoxy groups -OCH3 is 3. The average molecular weight is 347 g/mol. The maximum absolute atomic E-state index is 5.23. The van der Waals surface area contributed by atoms with E-state index in [1.54, 1.807) is 26.2 Å². The van der Waals surface area contributed by atoms with E-state index in [0.717, 1.165) is 11.1 Å². The van der Waals surface area contributed by atoms with Crippen LogP contribution < -0.4 is 9.80 Å². The molecule has 136 valence electrons. The molecule has 0 atom stereocenters. The number of hydrogen-bond acceptors (Lipinski definition) is 8. The molecule has 0 saturated carbocycles. The van der Waals surface area contributed by atoms with E-state index < -0.39 is 0 Å². The van der Waals surface area contributed by atoms with Crippen molar-refractivity contribution in [2.45, 2.75) is 6.92 Å². The molecule has 0 fully saturated rings. The lowest BCUT2D eigenvalue weighted by molar-refractivity contribution is 0.138. The molecule has 0 N–H and O–H groups in total. The van der Waals surface area contributed by atoms with Crippen LogP contribution in [0.25, 0.3) is 11.4 Å². The van der Waals surface area contributed by atoms with Crippen LogP contribution in [0, 0.1) is 6.92 Å². The summed E-state index contributed by atoms with van der Waals surface area (Å²) in [6, 6.07) is 8.03. The summed E-state index contributed by atoms with van der Waals surface area (Å²) in [5.74, 6) is 1.58. The van der Waals surface area contributed by atoms with Gasteiger partial charge in [0, 0.05) is 33.9 Å². The molecule has 0 aliphatic heterocycles. The number of aryl methyl sites for hydroxylation is 1. The van der Waals surface area contributed by atoms with Gasteiger partial charge in [0.05, 0.1) is 0 Å². The fraction of sp³-hybridized carbons (Fsp3) is 0.471. The van der Waals surface area contributed by atoms with Crippen LogP contribution in [0.4, 0.5) is 11.9 Å². The fourth-order valence-corrected chi connectivity index (χ4v) is 2.30. The van der Waals surface area contributed by atoms with Gasteiger partial charge in [-0.2, -0.15) is 15.0 Å². The lowest BCUT2D eigenvalue weighted by Crippen LogP contribution is -2.31. The van der Waals surface area contributed by atoms with E-state index in [-0.39, 0.29) is 0 Å². The molecule has 0 aliphatic carbocycles. The van der Waals surface area contributed by atoms with Crippen LogP contribution in [-0.4, -0.2) is 63.5 Å². The van der Waals surface area contributed by atoms with Gasteiger partial charge in [-0.3, -0.25) is 4.90 Å².